The van der Waals surface area contributed by atoms with Crippen molar-refractivity contribution < 1.29 is 9.53 Å². The maximum absolute atomic E-state index is 13.5. The molecule has 0 amide bonds. The van der Waals surface area contributed by atoms with Crippen LogP contribution in [0.15, 0.2) is 66.5 Å². The number of Topliss-reactive ketones (excluding diaryl/α,β-unsaturated/α-hetero) is 1. The number of carbonyl (C=O) groups is 1. The fraction of sp³-hybridized carbons (Fsp3) is 0.400. The van der Waals surface area contributed by atoms with E-state index in [1.54, 1.807) is 6.20 Å². The molecule has 0 spiro atoms. The summed E-state index contributed by atoms with van der Waals surface area (Å²) in [5, 5.41) is 11.1. The van der Waals surface area contributed by atoms with Crippen molar-refractivity contribution in [1.29, 1.82) is 5.41 Å². The lowest BCUT2D eigenvalue weighted by Crippen LogP contribution is -2.62. The van der Waals surface area contributed by atoms with E-state index >= 15 is 0 Å². The van der Waals surface area contributed by atoms with Crippen molar-refractivity contribution in [3.8, 4) is 0 Å². The molecule has 2 saturated heterocycles. The van der Waals surface area contributed by atoms with Gasteiger partial charge >= 0.3 is 0 Å². The van der Waals surface area contributed by atoms with Gasteiger partial charge in [0.25, 0.3) is 0 Å². The molecular weight excluding hydrogens is 402 g/mol. The maximum Gasteiger partial charge on any atom is 0.201 e. The van der Waals surface area contributed by atoms with Gasteiger partial charge in [-0.25, -0.2) is 0 Å². The third-order valence-electron chi connectivity index (χ3n) is 6.41. The molecule has 2 aromatic rings. The molecule has 2 fully saturated rings. The average Bonchev–Trinajstić information content (AvgIpc) is 2.88. The van der Waals surface area contributed by atoms with E-state index in [0.29, 0.717) is 38.3 Å². The Kier molecular flexibility index (Phi) is 7.42. The van der Waals surface area contributed by atoms with Gasteiger partial charge in [0.1, 0.15) is 5.69 Å². The lowest BCUT2D eigenvalue weighted by Gasteiger charge is -2.48. The van der Waals surface area contributed by atoms with Crippen LogP contribution >= 0.6 is 0 Å². The van der Waals surface area contributed by atoms with E-state index in [2.05, 4.69) is 20.1 Å². The average molecular weight is 434 g/mol. The maximum atomic E-state index is 13.5. The predicted octanol–water partition coefficient (Wildman–Crippen LogP) is 3.08. The van der Waals surface area contributed by atoms with Crippen LogP contribution in [0.2, 0.25) is 0 Å². The van der Waals surface area contributed by atoms with Crippen molar-refractivity contribution >= 4 is 17.7 Å². The summed E-state index contributed by atoms with van der Waals surface area (Å²) < 4.78 is 5.60. The Morgan fingerprint density at radius 1 is 1.06 bits per heavy atom. The van der Waals surface area contributed by atoms with Crippen molar-refractivity contribution in [2.75, 3.05) is 51.3 Å². The van der Waals surface area contributed by atoms with Crippen LogP contribution in [0.3, 0.4) is 0 Å². The first-order chi connectivity index (χ1) is 15.7. The van der Waals surface area contributed by atoms with Crippen molar-refractivity contribution in [3.63, 3.8) is 0 Å². The van der Waals surface area contributed by atoms with E-state index in [1.165, 1.54) is 6.21 Å². The summed E-state index contributed by atoms with van der Waals surface area (Å²) in [5.74, 6) is 0.113. The molecule has 1 aromatic carbocycles. The molecule has 3 heterocycles. The second kappa shape index (κ2) is 10.6. The van der Waals surface area contributed by atoms with Crippen LogP contribution in [0.5, 0.6) is 0 Å². The number of ketones is 1. The highest BCUT2D eigenvalue weighted by molar-refractivity contribution is 6.01. The Bertz CT molecular complexity index is 918. The number of hydrogen-bond acceptors (Lipinski definition) is 7. The molecule has 0 unspecified atom stereocenters. The summed E-state index contributed by atoms with van der Waals surface area (Å²) in [5.41, 5.74) is 1.94. The Labute approximate surface area is 189 Å². The van der Waals surface area contributed by atoms with Gasteiger partial charge in [0.05, 0.1) is 5.54 Å². The highest BCUT2D eigenvalue weighted by Crippen LogP contribution is 2.32. The number of nitrogens with one attached hydrogen (secondary N) is 2. The van der Waals surface area contributed by atoms with Crippen molar-refractivity contribution in [1.82, 2.24) is 14.8 Å². The molecule has 0 aliphatic carbocycles. The SMILES string of the molecule is N=C/C(=C\Nc1ccccc1)CN1CCN(C2(C(=O)c3ccccn3)CCOCC2)CC1. The molecule has 2 aliphatic rings. The van der Waals surface area contributed by atoms with Gasteiger partial charge in [-0.2, -0.15) is 0 Å². The number of hydrogen-bond donors (Lipinski definition) is 2. The summed E-state index contributed by atoms with van der Waals surface area (Å²) in [6.07, 6.45) is 6.41. The van der Waals surface area contributed by atoms with E-state index in [-0.39, 0.29) is 5.78 Å². The van der Waals surface area contributed by atoms with Crippen LogP contribution < -0.4 is 5.32 Å². The number of anilines is 1. The molecular formula is C25H31N5O2. The second-order valence-corrected chi connectivity index (χ2v) is 8.33. The molecule has 2 N–H and O–H groups in total. The van der Waals surface area contributed by atoms with Crippen LogP contribution in [0.25, 0.3) is 0 Å². The van der Waals surface area contributed by atoms with Gasteiger partial charge < -0.3 is 15.5 Å². The van der Waals surface area contributed by atoms with Crippen LogP contribution in [0.1, 0.15) is 23.3 Å². The Hall–Kier alpha value is -2.87. The summed E-state index contributed by atoms with van der Waals surface area (Å²) in [4.78, 5) is 22.6. The summed E-state index contributed by atoms with van der Waals surface area (Å²) in [6.45, 7) is 5.26. The molecule has 0 bridgehead atoms. The van der Waals surface area contributed by atoms with E-state index in [9.17, 15) is 4.79 Å². The van der Waals surface area contributed by atoms with Gasteiger partial charge in [-0.15, -0.1) is 0 Å². The topological polar surface area (TPSA) is 81.6 Å². The zero-order chi connectivity index (χ0) is 22.2. The van der Waals surface area contributed by atoms with Crippen LogP contribution in [-0.2, 0) is 4.74 Å². The molecule has 32 heavy (non-hydrogen) atoms. The number of para-hydroxylation sites is 1. The summed E-state index contributed by atoms with van der Waals surface area (Å²) in [6, 6.07) is 15.5. The monoisotopic (exact) mass is 433 g/mol. The van der Waals surface area contributed by atoms with Crippen molar-refractivity contribution in [3.05, 3.63) is 72.2 Å². The predicted molar refractivity (Wildman–Crippen MR) is 126 cm³/mol. The van der Waals surface area contributed by atoms with Crippen LogP contribution in [-0.4, -0.2) is 78.3 Å². The van der Waals surface area contributed by atoms with Gasteiger partial charge in [0.15, 0.2) is 0 Å². The first-order valence-electron chi connectivity index (χ1n) is 11.2. The molecule has 7 heteroatoms. The Morgan fingerprint density at radius 3 is 2.44 bits per heavy atom. The van der Waals surface area contributed by atoms with Gasteiger partial charge in [-0.3, -0.25) is 19.6 Å². The normalized spacial score (nSPS) is 19.9. The minimum absolute atomic E-state index is 0.113. The molecule has 0 saturated carbocycles. The number of ether oxygens (including phenoxy) is 1. The van der Waals surface area contributed by atoms with Crippen molar-refractivity contribution in [2.24, 2.45) is 0 Å². The third-order valence-corrected chi connectivity index (χ3v) is 6.41. The molecule has 0 atom stereocenters. The lowest BCUT2D eigenvalue weighted by atomic mass is 9.81. The number of aromatic nitrogens is 1. The van der Waals surface area contributed by atoms with E-state index in [4.69, 9.17) is 10.1 Å². The minimum atomic E-state index is -0.534. The highest BCUT2D eigenvalue weighted by Gasteiger charge is 2.46. The minimum Gasteiger partial charge on any atom is -0.381 e. The van der Waals surface area contributed by atoms with E-state index in [1.807, 2.05) is 54.7 Å². The first kappa shape index (κ1) is 22.3. The number of rotatable bonds is 8. The fourth-order valence-electron chi connectivity index (χ4n) is 4.57. The van der Waals surface area contributed by atoms with Gasteiger partial charge in [-0.1, -0.05) is 24.3 Å². The highest BCUT2D eigenvalue weighted by atomic mass is 16.5. The van der Waals surface area contributed by atoms with Crippen molar-refractivity contribution in [2.45, 2.75) is 18.4 Å². The van der Waals surface area contributed by atoms with E-state index < -0.39 is 5.54 Å². The third kappa shape index (κ3) is 5.12. The number of pyridine rings is 1. The van der Waals surface area contributed by atoms with Crippen LogP contribution in [0, 0.1) is 5.41 Å². The number of piperazine rings is 1. The van der Waals surface area contributed by atoms with Gasteiger partial charge in [-0.05, 0) is 42.7 Å². The smallest absolute Gasteiger partial charge is 0.201 e. The zero-order valence-electron chi connectivity index (χ0n) is 18.4. The fourth-order valence-corrected chi connectivity index (χ4v) is 4.57. The largest absolute Gasteiger partial charge is 0.381 e. The molecule has 168 valence electrons. The standard InChI is InChI=1S/C25H31N5O2/c26-18-21(19-28-22-6-2-1-3-7-22)20-29-12-14-30(15-13-29)25(9-16-32-17-10-25)24(31)23-8-4-5-11-27-23/h1-8,11,18-19,26,28H,9-10,12-17,20H2/b21-19+,26-18?. The summed E-state index contributed by atoms with van der Waals surface area (Å²) in [7, 11) is 0. The number of benzene rings is 1. The number of nitrogens with zero attached hydrogens (tertiary/aromatic N) is 3. The van der Waals surface area contributed by atoms with E-state index in [0.717, 1.165) is 37.4 Å². The molecule has 0 radical (unpaired) electrons. The quantitative estimate of drug-likeness (QED) is 0.492. The summed E-state index contributed by atoms with van der Waals surface area (Å²) >= 11 is 0. The lowest BCUT2D eigenvalue weighted by molar-refractivity contribution is -0.0322. The second-order valence-electron chi connectivity index (χ2n) is 8.33. The molecule has 4 rings (SSSR count). The van der Waals surface area contributed by atoms with Gasteiger partial charge in [0.2, 0.25) is 5.78 Å². The molecule has 2 aliphatic heterocycles. The Morgan fingerprint density at radius 2 is 1.78 bits per heavy atom. The number of carbonyl (C=O) groups excluding carboxylic acids is 1. The zero-order valence-corrected chi connectivity index (χ0v) is 18.4. The first-order valence-corrected chi connectivity index (χ1v) is 11.2. The van der Waals surface area contributed by atoms with Gasteiger partial charge in [0, 0.05) is 70.2 Å². The molecule has 7 nitrogen and oxygen atoms in total. The Balaban J connectivity index is 1.39. The van der Waals surface area contributed by atoms with Crippen LogP contribution in [0.4, 0.5) is 5.69 Å². The molecule has 1 aromatic heterocycles.